The monoisotopic (exact) mass is 385 g/mol. The highest BCUT2D eigenvalue weighted by molar-refractivity contribution is 6.37. The SMILES string of the molecule is CCC1CCCCCCC(C)(C)CCCC/N=C\1C(=O)OCc1ccccc1. The van der Waals surface area contributed by atoms with Gasteiger partial charge in [-0.05, 0) is 43.1 Å². The van der Waals surface area contributed by atoms with Crippen molar-refractivity contribution < 1.29 is 9.53 Å². The van der Waals surface area contributed by atoms with E-state index in [1.165, 1.54) is 44.9 Å². The van der Waals surface area contributed by atoms with Gasteiger partial charge in [0.2, 0.25) is 0 Å². The fourth-order valence-electron chi connectivity index (χ4n) is 4.08. The fraction of sp³-hybridized carbons (Fsp3) is 0.680. The number of ether oxygens (including phenoxy) is 1. The number of carbonyl (C=O) groups excluding carboxylic acids is 1. The number of esters is 1. The van der Waals surface area contributed by atoms with Crippen LogP contribution in [-0.2, 0) is 16.1 Å². The lowest BCUT2D eigenvalue weighted by atomic mass is 9.82. The summed E-state index contributed by atoms with van der Waals surface area (Å²) in [6.45, 7) is 8.01. The van der Waals surface area contributed by atoms with Crippen LogP contribution in [-0.4, -0.2) is 18.2 Å². The molecule has 3 nitrogen and oxygen atoms in total. The molecule has 0 saturated heterocycles. The second-order valence-electron chi connectivity index (χ2n) is 9.01. The third-order valence-corrected chi connectivity index (χ3v) is 6.00. The second kappa shape index (κ2) is 12.0. The Kier molecular flexibility index (Phi) is 9.73. The van der Waals surface area contributed by atoms with Crippen molar-refractivity contribution in [1.82, 2.24) is 0 Å². The van der Waals surface area contributed by atoms with Crippen molar-refractivity contribution in [1.29, 1.82) is 0 Å². The van der Waals surface area contributed by atoms with Crippen LogP contribution in [0.1, 0.15) is 90.5 Å². The van der Waals surface area contributed by atoms with E-state index in [9.17, 15) is 4.79 Å². The topological polar surface area (TPSA) is 38.7 Å². The number of nitrogens with zero attached hydrogens (tertiary/aromatic N) is 1. The van der Waals surface area contributed by atoms with Crippen molar-refractivity contribution in [2.45, 2.75) is 91.6 Å². The highest BCUT2D eigenvalue weighted by Gasteiger charge is 2.23. The second-order valence-corrected chi connectivity index (χ2v) is 9.01. The molecule has 0 fully saturated rings. The van der Waals surface area contributed by atoms with E-state index >= 15 is 0 Å². The maximum absolute atomic E-state index is 12.8. The molecule has 1 aliphatic rings. The van der Waals surface area contributed by atoms with E-state index in [0.29, 0.717) is 17.7 Å². The summed E-state index contributed by atoms with van der Waals surface area (Å²) in [6, 6.07) is 9.89. The average Bonchev–Trinajstić information content (AvgIpc) is 2.69. The molecule has 0 N–H and O–H groups in total. The zero-order chi connectivity index (χ0) is 20.2. The number of rotatable bonds is 4. The molecule has 1 aromatic carbocycles. The summed E-state index contributed by atoms with van der Waals surface area (Å²) in [4.78, 5) is 17.6. The Morgan fingerprint density at radius 1 is 1.04 bits per heavy atom. The van der Waals surface area contributed by atoms with Crippen molar-refractivity contribution in [3.05, 3.63) is 35.9 Å². The smallest absolute Gasteiger partial charge is 0.352 e. The molecule has 0 spiro atoms. The summed E-state index contributed by atoms with van der Waals surface area (Å²) in [5, 5.41) is 0. The van der Waals surface area contributed by atoms with Crippen LogP contribution in [0.2, 0.25) is 0 Å². The zero-order valence-corrected chi connectivity index (χ0v) is 18.2. The first-order valence-corrected chi connectivity index (χ1v) is 11.3. The lowest BCUT2D eigenvalue weighted by Gasteiger charge is -2.25. The molecule has 0 amide bonds. The van der Waals surface area contributed by atoms with Crippen LogP contribution in [0, 0.1) is 11.3 Å². The standard InChI is InChI=1S/C25H39NO2/c1-4-22-16-10-5-6-11-17-25(2,3)18-12-13-19-26-23(22)24(27)28-20-21-14-8-7-9-15-21/h7-9,14-15,22H,4-6,10-13,16-20H2,1-3H3/b26-23+. The van der Waals surface area contributed by atoms with Crippen molar-refractivity contribution in [3.8, 4) is 0 Å². The first kappa shape index (κ1) is 22.6. The van der Waals surface area contributed by atoms with Crippen molar-refractivity contribution in [2.24, 2.45) is 16.3 Å². The van der Waals surface area contributed by atoms with Crippen LogP contribution in [0.3, 0.4) is 0 Å². The third-order valence-electron chi connectivity index (χ3n) is 6.00. The van der Waals surface area contributed by atoms with E-state index in [-0.39, 0.29) is 11.9 Å². The van der Waals surface area contributed by atoms with Gasteiger partial charge in [-0.15, -0.1) is 0 Å². The lowest BCUT2D eigenvalue weighted by molar-refractivity contribution is -0.137. The Balaban J connectivity index is 2.02. The van der Waals surface area contributed by atoms with Crippen LogP contribution in [0.4, 0.5) is 0 Å². The Labute approximate surface area is 172 Å². The molecular weight excluding hydrogens is 346 g/mol. The molecule has 1 aromatic rings. The Morgan fingerprint density at radius 3 is 2.43 bits per heavy atom. The number of carbonyl (C=O) groups is 1. The Bertz CT molecular complexity index is 606. The van der Waals surface area contributed by atoms with Gasteiger partial charge in [-0.2, -0.15) is 0 Å². The van der Waals surface area contributed by atoms with Gasteiger partial charge in [-0.1, -0.05) is 83.2 Å². The summed E-state index contributed by atoms with van der Waals surface area (Å²) >= 11 is 0. The third kappa shape index (κ3) is 8.16. The maximum atomic E-state index is 12.8. The minimum atomic E-state index is -0.219. The summed E-state index contributed by atoms with van der Waals surface area (Å²) < 4.78 is 5.63. The molecule has 1 atom stereocenters. The number of hydrogen-bond donors (Lipinski definition) is 0. The maximum Gasteiger partial charge on any atom is 0.352 e. The quantitative estimate of drug-likeness (QED) is 0.538. The van der Waals surface area contributed by atoms with Gasteiger partial charge >= 0.3 is 5.97 Å². The van der Waals surface area contributed by atoms with E-state index in [1.54, 1.807) is 0 Å². The highest BCUT2D eigenvalue weighted by Crippen LogP contribution is 2.30. The predicted molar refractivity (Wildman–Crippen MR) is 118 cm³/mol. The Morgan fingerprint density at radius 2 is 1.71 bits per heavy atom. The van der Waals surface area contributed by atoms with Gasteiger partial charge in [0, 0.05) is 12.5 Å². The van der Waals surface area contributed by atoms with E-state index in [0.717, 1.165) is 31.4 Å². The van der Waals surface area contributed by atoms with E-state index in [1.807, 2.05) is 30.3 Å². The van der Waals surface area contributed by atoms with Crippen molar-refractivity contribution in [2.75, 3.05) is 6.54 Å². The molecule has 0 radical (unpaired) electrons. The summed E-state index contributed by atoms with van der Waals surface area (Å²) in [6.07, 6.45) is 11.8. The largest absolute Gasteiger partial charge is 0.456 e. The van der Waals surface area contributed by atoms with Crippen LogP contribution in [0.15, 0.2) is 35.3 Å². The van der Waals surface area contributed by atoms with Gasteiger partial charge in [0.15, 0.2) is 0 Å². The summed E-state index contributed by atoms with van der Waals surface area (Å²) in [5.74, 6) is 0.00535. The minimum absolute atomic E-state index is 0.219. The van der Waals surface area contributed by atoms with E-state index in [4.69, 9.17) is 9.73 Å². The molecule has 3 heteroatoms. The van der Waals surface area contributed by atoms with E-state index < -0.39 is 0 Å². The number of aliphatic imine (C=N–C) groups is 1. The molecule has 156 valence electrons. The molecular formula is C25H39NO2. The molecule has 1 unspecified atom stereocenters. The highest BCUT2D eigenvalue weighted by atomic mass is 16.5. The number of hydrogen-bond acceptors (Lipinski definition) is 3. The molecule has 0 bridgehead atoms. The minimum Gasteiger partial charge on any atom is -0.456 e. The summed E-state index contributed by atoms with van der Waals surface area (Å²) in [7, 11) is 0. The first-order valence-electron chi connectivity index (χ1n) is 11.3. The van der Waals surface area contributed by atoms with Crippen molar-refractivity contribution in [3.63, 3.8) is 0 Å². The van der Waals surface area contributed by atoms with Crippen molar-refractivity contribution >= 4 is 11.7 Å². The van der Waals surface area contributed by atoms with Gasteiger partial charge in [0.05, 0.1) is 0 Å². The van der Waals surface area contributed by atoms with Crippen LogP contribution >= 0.6 is 0 Å². The fourth-order valence-corrected chi connectivity index (χ4v) is 4.08. The van der Waals surface area contributed by atoms with Crippen LogP contribution in [0.25, 0.3) is 0 Å². The number of benzene rings is 1. The molecule has 0 saturated carbocycles. The molecule has 0 aliphatic carbocycles. The molecule has 2 rings (SSSR count). The first-order chi connectivity index (χ1) is 13.5. The normalized spacial score (nSPS) is 23.8. The van der Waals surface area contributed by atoms with Gasteiger partial charge in [-0.3, -0.25) is 4.99 Å². The van der Waals surface area contributed by atoms with Gasteiger partial charge < -0.3 is 4.74 Å². The average molecular weight is 386 g/mol. The van der Waals surface area contributed by atoms with Crippen LogP contribution < -0.4 is 0 Å². The van der Waals surface area contributed by atoms with E-state index in [2.05, 4.69) is 20.8 Å². The zero-order valence-electron chi connectivity index (χ0n) is 18.2. The van der Waals surface area contributed by atoms with Gasteiger partial charge in [-0.25, -0.2) is 4.79 Å². The van der Waals surface area contributed by atoms with Gasteiger partial charge in [0.25, 0.3) is 0 Å². The van der Waals surface area contributed by atoms with Gasteiger partial charge in [0.1, 0.15) is 12.3 Å². The molecule has 1 heterocycles. The predicted octanol–water partition coefficient (Wildman–Crippen LogP) is 6.75. The Hall–Kier alpha value is -1.64. The molecule has 28 heavy (non-hydrogen) atoms. The lowest BCUT2D eigenvalue weighted by Crippen LogP contribution is -2.26. The van der Waals surface area contributed by atoms with Crippen LogP contribution in [0.5, 0.6) is 0 Å². The molecule has 1 aliphatic heterocycles. The molecule has 0 aromatic heterocycles. The summed E-state index contributed by atoms with van der Waals surface area (Å²) in [5.41, 5.74) is 2.12.